The summed E-state index contributed by atoms with van der Waals surface area (Å²) in [5, 5.41) is 9.92. The third-order valence-corrected chi connectivity index (χ3v) is 10.9. The standard InChI is InChI=1S/C30H66N2O4Si/c1-7-8-9-10-11-12-13-14-15-16-17-18-19-20-21-22-24-32(5,6)25-23-26-37(34)35-28-30(27-33,29-36-37)31(2,3)4/h33-34H,7-29H2,1-6H3/q+2. The van der Waals surface area contributed by atoms with Crippen molar-refractivity contribution in [2.75, 3.05) is 68.1 Å². The van der Waals surface area contributed by atoms with E-state index in [2.05, 4.69) is 21.0 Å². The number of rotatable bonds is 23. The van der Waals surface area contributed by atoms with Gasteiger partial charge in [0.2, 0.25) is 0 Å². The van der Waals surface area contributed by atoms with Gasteiger partial charge in [-0.3, -0.25) is 0 Å². The first-order chi connectivity index (χ1) is 17.5. The van der Waals surface area contributed by atoms with Crippen molar-refractivity contribution >= 4 is 8.80 Å². The van der Waals surface area contributed by atoms with E-state index in [1.54, 1.807) is 0 Å². The maximum atomic E-state index is 10.9. The van der Waals surface area contributed by atoms with Crippen molar-refractivity contribution in [3.8, 4) is 0 Å². The van der Waals surface area contributed by atoms with Crippen molar-refractivity contribution in [1.29, 1.82) is 0 Å². The second-order valence-electron chi connectivity index (χ2n) is 13.5. The Labute approximate surface area is 232 Å². The highest BCUT2D eigenvalue weighted by atomic mass is 28.4. The Kier molecular flexibility index (Phi) is 17.4. The molecule has 0 spiro atoms. The van der Waals surface area contributed by atoms with Gasteiger partial charge in [0, 0.05) is 12.5 Å². The molecular formula is C30H66N2O4Si+2. The van der Waals surface area contributed by atoms with Crippen LogP contribution in [0.15, 0.2) is 0 Å². The van der Waals surface area contributed by atoms with Gasteiger partial charge in [-0.25, -0.2) is 0 Å². The molecule has 7 heteroatoms. The molecule has 0 aliphatic carbocycles. The highest BCUT2D eigenvalue weighted by Crippen LogP contribution is 2.29. The molecule has 6 nitrogen and oxygen atoms in total. The first kappa shape index (κ1) is 35.0. The van der Waals surface area contributed by atoms with Crippen LogP contribution >= 0.6 is 0 Å². The highest BCUT2D eigenvalue weighted by molar-refractivity contribution is 6.59. The average molecular weight is 547 g/mol. The molecule has 0 aromatic heterocycles. The summed E-state index contributed by atoms with van der Waals surface area (Å²) in [6.07, 6.45) is 23.4. The van der Waals surface area contributed by atoms with Crippen LogP contribution in [0.3, 0.4) is 0 Å². The van der Waals surface area contributed by atoms with Crippen molar-refractivity contribution in [1.82, 2.24) is 0 Å². The molecule has 0 radical (unpaired) electrons. The van der Waals surface area contributed by atoms with Crippen LogP contribution in [0, 0.1) is 0 Å². The Morgan fingerprint density at radius 3 is 1.38 bits per heavy atom. The minimum Gasteiger partial charge on any atom is -0.390 e. The first-order valence-corrected chi connectivity index (χ1v) is 17.7. The Morgan fingerprint density at radius 2 is 1.00 bits per heavy atom. The van der Waals surface area contributed by atoms with Crippen molar-refractivity contribution < 1.29 is 27.7 Å². The van der Waals surface area contributed by atoms with Gasteiger partial charge in [0.05, 0.1) is 61.5 Å². The van der Waals surface area contributed by atoms with Crippen LogP contribution < -0.4 is 0 Å². The molecule has 0 saturated carbocycles. The van der Waals surface area contributed by atoms with Crippen molar-refractivity contribution in [2.24, 2.45) is 0 Å². The van der Waals surface area contributed by atoms with Gasteiger partial charge in [-0.15, -0.1) is 0 Å². The molecule has 1 aliphatic rings. The summed E-state index contributed by atoms with van der Waals surface area (Å²) >= 11 is 0. The molecule has 1 saturated heterocycles. The summed E-state index contributed by atoms with van der Waals surface area (Å²) in [6.45, 7) is 5.21. The number of hydrogen-bond donors (Lipinski definition) is 2. The van der Waals surface area contributed by atoms with E-state index >= 15 is 0 Å². The fourth-order valence-electron chi connectivity index (χ4n) is 5.34. The number of likely N-dealkylation sites (N-methyl/N-ethyl adjacent to an activating group) is 1. The lowest BCUT2D eigenvalue weighted by atomic mass is 9.99. The summed E-state index contributed by atoms with van der Waals surface area (Å²) in [7, 11) is 7.58. The predicted molar refractivity (Wildman–Crippen MR) is 159 cm³/mol. The summed E-state index contributed by atoms with van der Waals surface area (Å²) < 4.78 is 13.3. The molecule has 0 aromatic rings. The minimum atomic E-state index is -3.13. The third-order valence-electron chi connectivity index (χ3n) is 8.72. The number of aliphatic hydroxyl groups excluding tert-OH is 1. The first-order valence-electron chi connectivity index (χ1n) is 15.7. The van der Waals surface area contributed by atoms with Crippen molar-refractivity contribution in [2.45, 2.75) is 128 Å². The van der Waals surface area contributed by atoms with E-state index in [4.69, 9.17) is 8.85 Å². The molecule has 222 valence electrons. The maximum Gasteiger partial charge on any atom is 0.498 e. The molecular weight excluding hydrogens is 480 g/mol. The molecule has 0 bridgehead atoms. The number of unbranched alkanes of at least 4 members (excludes halogenated alkanes) is 15. The number of hydrogen-bond acceptors (Lipinski definition) is 4. The average Bonchev–Trinajstić information content (AvgIpc) is 2.83. The third kappa shape index (κ3) is 14.8. The second kappa shape index (κ2) is 18.3. The van der Waals surface area contributed by atoms with Gasteiger partial charge in [0.25, 0.3) is 0 Å². The summed E-state index contributed by atoms with van der Waals surface area (Å²) in [6, 6.07) is 0.603. The van der Waals surface area contributed by atoms with Crippen LogP contribution in [0.2, 0.25) is 6.04 Å². The molecule has 0 aromatic carbocycles. The quantitative estimate of drug-likeness (QED) is 0.0919. The topological polar surface area (TPSA) is 58.9 Å². The van der Waals surface area contributed by atoms with Crippen LogP contribution in [0.5, 0.6) is 0 Å². The van der Waals surface area contributed by atoms with Crippen LogP contribution in [-0.2, 0) is 8.85 Å². The number of aliphatic hydroxyl groups is 1. The molecule has 1 fully saturated rings. The largest absolute Gasteiger partial charge is 0.498 e. The normalized spacial score (nSPS) is 23.0. The molecule has 1 aliphatic heterocycles. The van der Waals surface area contributed by atoms with Gasteiger partial charge in [-0.2, -0.15) is 0 Å². The van der Waals surface area contributed by atoms with E-state index in [1.165, 1.54) is 109 Å². The van der Waals surface area contributed by atoms with Crippen molar-refractivity contribution in [3.05, 3.63) is 0 Å². The molecule has 0 amide bonds. The van der Waals surface area contributed by atoms with Gasteiger partial charge in [-0.05, 0) is 12.8 Å². The summed E-state index contributed by atoms with van der Waals surface area (Å²) in [5.41, 5.74) is -0.498. The zero-order valence-electron chi connectivity index (χ0n) is 25.9. The lowest BCUT2D eigenvalue weighted by Gasteiger charge is -2.49. The van der Waals surface area contributed by atoms with Gasteiger partial charge in [0.1, 0.15) is 6.61 Å². The maximum absolute atomic E-state index is 10.9. The highest BCUT2D eigenvalue weighted by Gasteiger charge is 2.53. The minimum absolute atomic E-state index is 0.00971. The number of quaternary nitrogens is 2. The second-order valence-corrected chi connectivity index (χ2v) is 16.0. The molecule has 0 unspecified atom stereocenters. The monoisotopic (exact) mass is 546 g/mol. The van der Waals surface area contributed by atoms with Crippen LogP contribution in [0.1, 0.15) is 116 Å². The van der Waals surface area contributed by atoms with E-state index < -0.39 is 14.3 Å². The van der Waals surface area contributed by atoms with Gasteiger partial charge < -0.3 is 27.7 Å². The fraction of sp³-hybridized carbons (Fsp3) is 1.00. The fourth-order valence-corrected chi connectivity index (χ4v) is 7.31. The van der Waals surface area contributed by atoms with E-state index in [9.17, 15) is 9.90 Å². The SMILES string of the molecule is CCCCCCCCCCCCCCCCCC[N+](C)(C)CCC[Si]1(O)OCC(CO)([N+](C)(C)C)CO1. The van der Waals surface area contributed by atoms with Crippen molar-refractivity contribution in [3.63, 3.8) is 0 Å². The Balaban J connectivity index is 2.01. The van der Waals surface area contributed by atoms with Crippen LogP contribution in [-0.4, -0.2) is 101 Å². The summed E-state index contributed by atoms with van der Waals surface area (Å²) in [4.78, 5) is 10.9. The lowest BCUT2D eigenvalue weighted by molar-refractivity contribution is -0.926. The van der Waals surface area contributed by atoms with E-state index in [0.29, 0.717) is 23.7 Å². The van der Waals surface area contributed by atoms with Gasteiger partial charge in [0.15, 0.2) is 5.54 Å². The van der Waals surface area contributed by atoms with E-state index in [0.717, 1.165) is 17.4 Å². The molecule has 37 heavy (non-hydrogen) atoms. The van der Waals surface area contributed by atoms with E-state index in [-0.39, 0.29) is 6.61 Å². The molecule has 0 atom stereocenters. The smallest absolute Gasteiger partial charge is 0.390 e. The van der Waals surface area contributed by atoms with Gasteiger partial charge in [-0.1, -0.05) is 96.8 Å². The summed E-state index contributed by atoms with van der Waals surface area (Å²) in [5.74, 6) is 0. The number of nitrogens with zero attached hydrogens (tertiary/aromatic N) is 2. The Morgan fingerprint density at radius 1 is 0.622 bits per heavy atom. The van der Waals surface area contributed by atoms with Crippen LogP contribution in [0.4, 0.5) is 0 Å². The lowest BCUT2D eigenvalue weighted by Crippen LogP contribution is -2.70. The molecule has 1 rings (SSSR count). The molecule has 1 heterocycles. The van der Waals surface area contributed by atoms with Crippen LogP contribution in [0.25, 0.3) is 0 Å². The molecule has 2 N–H and O–H groups in total. The predicted octanol–water partition coefficient (Wildman–Crippen LogP) is 6.13. The van der Waals surface area contributed by atoms with Gasteiger partial charge >= 0.3 is 8.80 Å². The Bertz CT molecular complexity index is 560. The zero-order chi connectivity index (χ0) is 27.7. The van der Waals surface area contributed by atoms with E-state index in [1.807, 2.05) is 21.1 Å². The Hall–Kier alpha value is -0.0231. The zero-order valence-corrected chi connectivity index (χ0v) is 26.9.